The summed E-state index contributed by atoms with van der Waals surface area (Å²) >= 11 is 0. The highest BCUT2D eigenvalue weighted by Gasteiger charge is 2.19. The molecule has 0 saturated heterocycles. The molecule has 0 fully saturated rings. The number of aryl methyl sites for hydroxylation is 1. The third-order valence-corrected chi connectivity index (χ3v) is 5.52. The van der Waals surface area contributed by atoms with Crippen molar-refractivity contribution in [2.24, 2.45) is 0 Å². The third-order valence-electron chi connectivity index (χ3n) is 3.71. The quantitative estimate of drug-likeness (QED) is 0.642. The second kappa shape index (κ2) is 8.19. The molecule has 2 rings (SSSR count). The first-order valence-electron chi connectivity index (χ1n) is 8.01. The van der Waals surface area contributed by atoms with E-state index in [1.165, 1.54) is 44.4 Å². The van der Waals surface area contributed by atoms with E-state index in [1.54, 1.807) is 19.1 Å². The van der Waals surface area contributed by atoms with Gasteiger partial charge in [0.2, 0.25) is 15.9 Å². The highest BCUT2D eigenvalue weighted by atomic mass is 32.2. The van der Waals surface area contributed by atoms with Gasteiger partial charge in [-0.15, -0.1) is 0 Å². The van der Waals surface area contributed by atoms with Crippen molar-refractivity contribution < 1.29 is 23.1 Å². The summed E-state index contributed by atoms with van der Waals surface area (Å²) in [6.45, 7) is 1.47. The number of nitrogens with zero attached hydrogens (tertiary/aromatic N) is 1. The summed E-state index contributed by atoms with van der Waals surface area (Å²) in [5.74, 6) is -1.19. The van der Waals surface area contributed by atoms with E-state index in [2.05, 4.69) is 10.6 Å². The molecule has 2 aromatic rings. The molecule has 2 amide bonds. The SMILES string of the molecule is Cc1ccc(NC(=O)CNC(=O)c2cccc(S(=O)(=O)N(C)C)c2)c(O)c1. The monoisotopic (exact) mass is 391 g/mol. The lowest BCUT2D eigenvalue weighted by Gasteiger charge is -2.12. The van der Waals surface area contributed by atoms with Crippen LogP contribution >= 0.6 is 0 Å². The highest BCUT2D eigenvalue weighted by Crippen LogP contribution is 2.23. The van der Waals surface area contributed by atoms with Crippen molar-refractivity contribution in [3.8, 4) is 5.75 Å². The first kappa shape index (κ1) is 20.4. The lowest BCUT2D eigenvalue weighted by molar-refractivity contribution is -0.115. The van der Waals surface area contributed by atoms with Gasteiger partial charge in [0.25, 0.3) is 5.91 Å². The molecule has 0 spiro atoms. The molecule has 0 atom stereocenters. The Labute approximate surface area is 157 Å². The predicted octanol–water partition coefficient (Wildman–Crippen LogP) is 1.32. The molecule has 0 heterocycles. The van der Waals surface area contributed by atoms with Crippen LogP contribution in [0.2, 0.25) is 0 Å². The Kier molecular flexibility index (Phi) is 6.19. The van der Waals surface area contributed by atoms with E-state index in [0.29, 0.717) is 0 Å². The molecule has 0 saturated carbocycles. The lowest BCUT2D eigenvalue weighted by Crippen LogP contribution is -2.33. The van der Waals surface area contributed by atoms with Crippen molar-refractivity contribution in [2.45, 2.75) is 11.8 Å². The molecule has 0 aromatic heterocycles. The van der Waals surface area contributed by atoms with Crippen molar-refractivity contribution in [3.63, 3.8) is 0 Å². The van der Waals surface area contributed by atoms with Gasteiger partial charge in [0.1, 0.15) is 5.75 Å². The lowest BCUT2D eigenvalue weighted by atomic mass is 10.2. The van der Waals surface area contributed by atoms with E-state index in [0.717, 1.165) is 9.87 Å². The van der Waals surface area contributed by atoms with Gasteiger partial charge in [-0.1, -0.05) is 12.1 Å². The van der Waals surface area contributed by atoms with E-state index < -0.39 is 21.8 Å². The molecule has 144 valence electrons. The number of aromatic hydroxyl groups is 1. The topological polar surface area (TPSA) is 116 Å². The average molecular weight is 391 g/mol. The van der Waals surface area contributed by atoms with Crippen LogP contribution in [0, 0.1) is 6.92 Å². The standard InChI is InChI=1S/C18H21N3O5S/c1-12-7-8-15(16(22)9-12)20-17(23)11-19-18(24)13-5-4-6-14(10-13)27(25,26)21(2)3/h4-10,22H,11H2,1-3H3,(H,19,24)(H,20,23). The number of rotatable bonds is 6. The molecule has 0 aliphatic carbocycles. The Morgan fingerprint density at radius 3 is 2.44 bits per heavy atom. The zero-order chi connectivity index (χ0) is 20.2. The van der Waals surface area contributed by atoms with Crippen LogP contribution in [-0.2, 0) is 14.8 Å². The van der Waals surface area contributed by atoms with Gasteiger partial charge in [-0.05, 0) is 42.8 Å². The summed E-state index contributed by atoms with van der Waals surface area (Å²) < 4.78 is 25.3. The smallest absolute Gasteiger partial charge is 0.251 e. The fourth-order valence-corrected chi connectivity index (χ4v) is 3.16. The first-order chi connectivity index (χ1) is 12.6. The number of phenols is 1. The van der Waals surface area contributed by atoms with Gasteiger partial charge in [0, 0.05) is 19.7 Å². The molecule has 8 nitrogen and oxygen atoms in total. The Morgan fingerprint density at radius 1 is 1.11 bits per heavy atom. The van der Waals surface area contributed by atoms with E-state index in [9.17, 15) is 23.1 Å². The summed E-state index contributed by atoms with van der Waals surface area (Å²) in [6, 6.07) is 10.3. The molecule has 0 bridgehead atoms. The van der Waals surface area contributed by atoms with Gasteiger partial charge in [-0.3, -0.25) is 9.59 Å². The summed E-state index contributed by atoms with van der Waals surface area (Å²) in [5, 5.41) is 14.7. The number of nitrogens with one attached hydrogen (secondary N) is 2. The predicted molar refractivity (Wildman–Crippen MR) is 101 cm³/mol. The molecular formula is C18H21N3O5S. The van der Waals surface area contributed by atoms with Gasteiger partial charge >= 0.3 is 0 Å². The summed E-state index contributed by atoms with van der Waals surface area (Å²) in [5.41, 5.74) is 1.19. The van der Waals surface area contributed by atoms with Crippen LogP contribution in [-0.4, -0.2) is 50.3 Å². The molecule has 3 N–H and O–H groups in total. The van der Waals surface area contributed by atoms with Crippen LogP contribution in [0.25, 0.3) is 0 Å². The molecule has 0 unspecified atom stereocenters. The number of carbonyl (C=O) groups excluding carboxylic acids is 2. The van der Waals surface area contributed by atoms with E-state index >= 15 is 0 Å². The molecule has 27 heavy (non-hydrogen) atoms. The van der Waals surface area contributed by atoms with E-state index in [1.807, 2.05) is 0 Å². The van der Waals surface area contributed by atoms with Gasteiger partial charge in [0.15, 0.2) is 0 Å². The number of phenolic OH excluding ortho intramolecular Hbond substituents is 1. The van der Waals surface area contributed by atoms with E-state index in [-0.39, 0.29) is 28.4 Å². The average Bonchev–Trinajstić information content (AvgIpc) is 2.62. The molecule has 0 aliphatic rings. The van der Waals surface area contributed by atoms with Crippen molar-refractivity contribution in [3.05, 3.63) is 53.6 Å². The second-order valence-electron chi connectivity index (χ2n) is 6.07. The Hall–Kier alpha value is -2.91. The molecule has 2 aromatic carbocycles. The maximum absolute atomic E-state index is 12.2. The molecule has 9 heteroatoms. The Balaban J connectivity index is 2.02. The minimum atomic E-state index is -3.67. The summed E-state index contributed by atoms with van der Waals surface area (Å²) in [6.07, 6.45) is 0. The number of carbonyl (C=O) groups is 2. The highest BCUT2D eigenvalue weighted by molar-refractivity contribution is 7.89. The number of hydrogen-bond donors (Lipinski definition) is 3. The van der Waals surface area contributed by atoms with Gasteiger partial charge in [0.05, 0.1) is 17.1 Å². The zero-order valence-electron chi connectivity index (χ0n) is 15.2. The minimum absolute atomic E-state index is 0.0193. The fraction of sp³-hybridized carbons (Fsp3) is 0.222. The van der Waals surface area contributed by atoms with Crippen molar-refractivity contribution in [1.82, 2.24) is 9.62 Å². The van der Waals surface area contributed by atoms with Crippen LogP contribution in [0.5, 0.6) is 5.75 Å². The normalized spacial score (nSPS) is 11.3. The van der Waals surface area contributed by atoms with E-state index in [4.69, 9.17) is 0 Å². The number of sulfonamides is 1. The fourth-order valence-electron chi connectivity index (χ4n) is 2.21. The van der Waals surface area contributed by atoms with Crippen molar-refractivity contribution in [1.29, 1.82) is 0 Å². The van der Waals surface area contributed by atoms with Crippen LogP contribution < -0.4 is 10.6 Å². The van der Waals surface area contributed by atoms with Gasteiger partial charge in [-0.25, -0.2) is 12.7 Å². The van der Waals surface area contributed by atoms with Crippen molar-refractivity contribution in [2.75, 3.05) is 26.0 Å². The van der Waals surface area contributed by atoms with Crippen molar-refractivity contribution >= 4 is 27.5 Å². The number of amides is 2. The maximum atomic E-state index is 12.2. The van der Waals surface area contributed by atoms with Crippen LogP contribution in [0.1, 0.15) is 15.9 Å². The minimum Gasteiger partial charge on any atom is -0.506 e. The second-order valence-corrected chi connectivity index (χ2v) is 8.22. The van der Waals surface area contributed by atoms with Crippen LogP contribution in [0.3, 0.4) is 0 Å². The Bertz CT molecular complexity index is 971. The van der Waals surface area contributed by atoms with Gasteiger partial charge < -0.3 is 15.7 Å². The first-order valence-corrected chi connectivity index (χ1v) is 9.45. The largest absolute Gasteiger partial charge is 0.506 e. The molecule has 0 radical (unpaired) electrons. The summed E-state index contributed by atoms with van der Waals surface area (Å²) in [4.78, 5) is 24.2. The molecule has 0 aliphatic heterocycles. The molecular weight excluding hydrogens is 370 g/mol. The Morgan fingerprint density at radius 2 is 1.81 bits per heavy atom. The number of hydrogen-bond acceptors (Lipinski definition) is 5. The van der Waals surface area contributed by atoms with Crippen LogP contribution in [0.4, 0.5) is 5.69 Å². The zero-order valence-corrected chi connectivity index (χ0v) is 16.0. The van der Waals surface area contributed by atoms with Gasteiger partial charge in [-0.2, -0.15) is 0 Å². The third kappa shape index (κ3) is 5.05. The number of anilines is 1. The maximum Gasteiger partial charge on any atom is 0.251 e. The summed E-state index contributed by atoms with van der Waals surface area (Å²) in [7, 11) is -0.875. The number of benzene rings is 2. The van der Waals surface area contributed by atoms with Crippen LogP contribution in [0.15, 0.2) is 47.4 Å².